The third-order valence-electron chi connectivity index (χ3n) is 3.78. The van der Waals surface area contributed by atoms with Crippen molar-refractivity contribution in [1.82, 2.24) is 10.6 Å². The molecular weight excluding hydrogens is 241 g/mol. The largest absolute Gasteiger partial charge is 0.357 e. The van der Waals surface area contributed by atoms with E-state index in [0.29, 0.717) is 18.4 Å². The summed E-state index contributed by atoms with van der Waals surface area (Å²) in [5.41, 5.74) is 0.427. The predicted molar refractivity (Wildman–Crippen MR) is 80.3 cm³/mol. The van der Waals surface area contributed by atoms with Gasteiger partial charge in [0.25, 0.3) is 0 Å². The Morgan fingerprint density at radius 2 is 2.05 bits per heavy atom. The van der Waals surface area contributed by atoms with Crippen LogP contribution in [0, 0.1) is 11.3 Å². The van der Waals surface area contributed by atoms with Crippen molar-refractivity contribution in [2.75, 3.05) is 26.3 Å². The van der Waals surface area contributed by atoms with Gasteiger partial charge in [-0.15, -0.1) is 0 Å². The molecule has 4 heteroatoms. The molecule has 0 saturated heterocycles. The summed E-state index contributed by atoms with van der Waals surface area (Å²) in [5.74, 6) is 1.57. The van der Waals surface area contributed by atoms with Crippen LogP contribution in [0.3, 0.4) is 0 Å². The van der Waals surface area contributed by atoms with Gasteiger partial charge in [0, 0.05) is 19.6 Å². The lowest BCUT2D eigenvalue weighted by Crippen LogP contribution is -2.40. The van der Waals surface area contributed by atoms with Crippen molar-refractivity contribution in [2.24, 2.45) is 16.3 Å². The molecule has 0 heterocycles. The second-order valence-corrected chi connectivity index (χ2v) is 6.12. The molecule has 1 aliphatic carbocycles. The Hall–Kier alpha value is -0.800. The third-order valence-corrected chi connectivity index (χ3v) is 3.78. The first-order valence-electron chi connectivity index (χ1n) is 7.70. The summed E-state index contributed by atoms with van der Waals surface area (Å²) in [7, 11) is 0. The van der Waals surface area contributed by atoms with Gasteiger partial charge in [-0.05, 0) is 43.9 Å². The van der Waals surface area contributed by atoms with E-state index in [1.807, 2.05) is 0 Å². The zero-order valence-corrected chi connectivity index (χ0v) is 12.8. The van der Waals surface area contributed by atoms with Crippen LogP contribution in [-0.4, -0.2) is 32.3 Å². The first-order valence-corrected chi connectivity index (χ1v) is 7.70. The summed E-state index contributed by atoms with van der Waals surface area (Å²) >= 11 is 0. The van der Waals surface area contributed by atoms with Gasteiger partial charge in [0.1, 0.15) is 0 Å². The molecule has 0 unspecified atom stereocenters. The number of nitrogens with one attached hydrogen (secondary N) is 2. The van der Waals surface area contributed by atoms with Gasteiger partial charge in [-0.25, -0.2) is 0 Å². The van der Waals surface area contributed by atoms with Crippen LogP contribution in [0.5, 0.6) is 0 Å². The molecule has 0 aromatic heterocycles. The Balaban J connectivity index is 2.47. The molecule has 1 aliphatic rings. The van der Waals surface area contributed by atoms with E-state index in [4.69, 9.17) is 4.99 Å². The number of alkyl halides is 1. The minimum Gasteiger partial charge on any atom is -0.357 e. The standard InChI is InChI=1S/C15H30FN3/c1-4-17-14(18-10-6-9-16)19-12-15(7-5-8-15)11-13(2)3/h13H,4-12H2,1-3H3,(H2,17,18,19). The third kappa shape index (κ3) is 5.79. The number of hydrogen-bond donors (Lipinski definition) is 2. The highest BCUT2D eigenvalue weighted by Crippen LogP contribution is 2.46. The fraction of sp³-hybridized carbons (Fsp3) is 0.933. The Bertz CT molecular complexity index is 273. The van der Waals surface area contributed by atoms with Crippen molar-refractivity contribution in [1.29, 1.82) is 0 Å². The maximum atomic E-state index is 12.1. The van der Waals surface area contributed by atoms with Crippen LogP contribution in [-0.2, 0) is 0 Å². The normalized spacial score (nSPS) is 18.3. The number of halogens is 1. The van der Waals surface area contributed by atoms with E-state index in [1.54, 1.807) is 0 Å². The van der Waals surface area contributed by atoms with E-state index >= 15 is 0 Å². The van der Waals surface area contributed by atoms with Gasteiger partial charge in [-0.3, -0.25) is 9.38 Å². The zero-order valence-electron chi connectivity index (χ0n) is 12.8. The lowest BCUT2D eigenvalue weighted by Gasteiger charge is -2.42. The van der Waals surface area contributed by atoms with E-state index in [9.17, 15) is 4.39 Å². The Morgan fingerprint density at radius 3 is 2.53 bits per heavy atom. The molecule has 19 heavy (non-hydrogen) atoms. The molecule has 3 nitrogen and oxygen atoms in total. The molecule has 1 saturated carbocycles. The molecule has 0 atom stereocenters. The molecule has 1 rings (SSSR count). The molecule has 0 aromatic carbocycles. The van der Waals surface area contributed by atoms with Gasteiger partial charge in [0.15, 0.2) is 5.96 Å². The van der Waals surface area contributed by atoms with E-state index < -0.39 is 0 Å². The maximum Gasteiger partial charge on any atom is 0.191 e. The lowest BCUT2D eigenvalue weighted by atomic mass is 9.64. The number of guanidine groups is 1. The average molecular weight is 271 g/mol. The zero-order chi connectivity index (χ0) is 14.1. The summed E-state index contributed by atoms with van der Waals surface area (Å²) in [6.45, 7) is 8.75. The molecule has 0 amide bonds. The lowest BCUT2D eigenvalue weighted by molar-refractivity contribution is 0.111. The van der Waals surface area contributed by atoms with E-state index in [-0.39, 0.29) is 6.67 Å². The summed E-state index contributed by atoms with van der Waals surface area (Å²) < 4.78 is 12.1. The van der Waals surface area contributed by atoms with Crippen LogP contribution in [0.15, 0.2) is 4.99 Å². The van der Waals surface area contributed by atoms with Crippen molar-refractivity contribution >= 4 is 5.96 Å². The van der Waals surface area contributed by atoms with E-state index in [1.165, 1.54) is 25.7 Å². The molecule has 2 N–H and O–H groups in total. The number of nitrogens with zero attached hydrogens (tertiary/aromatic N) is 1. The molecule has 0 spiro atoms. The van der Waals surface area contributed by atoms with Gasteiger partial charge in [-0.2, -0.15) is 0 Å². The van der Waals surface area contributed by atoms with Crippen LogP contribution in [0.1, 0.15) is 52.9 Å². The van der Waals surface area contributed by atoms with Gasteiger partial charge < -0.3 is 10.6 Å². The highest BCUT2D eigenvalue weighted by Gasteiger charge is 2.37. The van der Waals surface area contributed by atoms with Crippen molar-refractivity contribution in [3.8, 4) is 0 Å². The van der Waals surface area contributed by atoms with Crippen molar-refractivity contribution in [3.63, 3.8) is 0 Å². The predicted octanol–water partition coefficient (Wildman–Crippen LogP) is 3.12. The topological polar surface area (TPSA) is 36.4 Å². The van der Waals surface area contributed by atoms with Crippen molar-refractivity contribution < 1.29 is 4.39 Å². The van der Waals surface area contributed by atoms with Gasteiger partial charge in [0.05, 0.1) is 6.67 Å². The molecule has 1 fully saturated rings. The van der Waals surface area contributed by atoms with Crippen LogP contribution >= 0.6 is 0 Å². The smallest absolute Gasteiger partial charge is 0.191 e. The van der Waals surface area contributed by atoms with Gasteiger partial charge in [-0.1, -0.05) is 20.3 Å². The molecule has 0 radical (unpaired) electrons. The van der Waals surface area contributed by atoms with Crippen LogP contribution in [0.4, 0.5) is 4.39 Å². The highest BCUT2D eigenvalue weighted by atomic mass is 19.1. The molecule has 0 bridgehead atoms. The summed E-state index contributed by atoms with van der Waals surface area (Å²) in [5, 5.41) is 6.43. The van der Waals surface area contributed by atoms with Crippen LogP contribution in [0.25, 0.3) is 0 Å². The maximum absolute atomic E-state index is 12.1. The second kappa shape index (κ2) is 8.39. The first-order chi connectivity index (χ1) is 9.12. The molecular formula is C15H30FN3. The van der Waals surface area contributed by atoms with Gasteiger partial charge in [0.2, 0.25) is 0 Å². The van der Waals surface area contributed by atoms with Crippen molar-refractivity contribution in [3.05, 3.63) is 0 Å². The van der Waals surface area contributed by atoms with Crippen LogP contribution in [0.2, 0.25) is 0 Å². The summed E-state index contributed by atoms with van der Waals surface area (Å²) in [6, 6.07) is 0. The average Bonchev–Trinajstić information content (AvgIpc) is 2.32. The number of aliphatic imine (C=N–C) groups is 1. The quantitative estimate of drug-likeness (QED) is 0.404. The Labute approximate surface area is 117 Å². The highest BCUT2D eigenvalue weighted by molar-refractivity contribution is 5.79. The number of rotatable bonds is 8. The fourth-order valence-electron chi connectivity index (χ4n) is 2.83. The minimum absolute atomic E-state index is 0.274. The Kier molecular flexibility index (Phi) is 7.17. The number of hydrogen-bond acceptors (Lipinski definition) is 1. The van der Waals surface area contributed by atoms with E-state index in [2.05, 4.69) is 31.4 Å². The monoisotopic (exact) mass is 271 g/mol. The van der Waals surface area contributed by atoms with E-state index in [0.717, 1.165) is 25.0 Å². The first kappa shape index (κ1) is 16.3. The Morgan fingerprint density at radius 1 is 1.32 bits per heavy atom. The molecule has 0 aliphatic heterocycles. The van der Waals surface area contributed by atoms with Crippen LogP contribution < -0.4 is 10.6 Å². The summed E-state index contributed by atoms with van der Waals surface area (Å²) in [6.07, 6.45) is 5.76. The van der Waals surface area contributed by atoms with Crippen molar-refractivity contribution in [2.45, 2.75) is 52.9 Å². The van der Waals surface area contributed by atoms with Gasteiger partial charge >= 0.3 is 0 Å². The fourth-order valence-corrected chi connectivity index (χ4v) is 2.83. The second-order valence-electron chi connectivity index (χ2n) is 6.12. The summed E-state index contributed by atoms with van der Waals surface area (Å²) in [4.78, 5) is 4.70. The molecule has 0 aromatic rings. The molecule has 112 valence electrons. The SMILES string of the molecule is CCNC(=NCC1(CC(C)C)CCC1)NCCCF. The minimum atomic E-state index is -0.274.